The van der Waals surface area contributed by atoms with E-state index in [0.29, 0.717) is 19.4 Å². The van der Waals surface area contributed by atoms with Gasteiger partial charge in [0.15, 0.2) is 0 Å². The van der Waals surface area contributed by atoms with E-state index in [1.54, 1.807) is 7.11 Å². The van der Waals surface area contributed by atoms with Gasteiger partial charge in [0, 0.05) is 32.9 Å². The number of aromatic nitrogens is 2. The minimum atomic E-state index is -0.343. The Morgan fingerprint density at radius 2 is 2.36 bits per heavy atom. The van der Waals surface area contributed by atoms with Crippen molar-refractivity contribution in [3.05, 3.63) is 17.5 Å². The molecule has 80 valence electrons. The van der Waals surface area contributed by atoms with Crippen molar-refractivity contribution >= 4 is 0 Å². The molecule has 0 saturated heterocycles. The predicted octanol–water partition coefficient (Wildman–Crippen LogP) is 0.668. The molecule has 4 heteroatoms. The summed E-state index contributed by atoms with van der Waals surface area (Å²) in [5, 5.41) is 13.9. The summed E-state index contributed by atoms with van der Waals surface area (Å²) in [7, 11) is 3.53. The second-order valence-electron chi connectivity index (χ2n) is 3.54. The van der Waals surface area contributed by atoms with Gasteiger partial charge in [0.25, 0.3) is 0 Å². The number of aliphatic hydroxyl groups excluding tert-OH is 1. The second kappa shape index (κ2) is 5.12. The smallest absolute Gasteiger partial charge is 0.0617 e. The molecule has 0 saturated carbocycles. The fourth-order valence-electron chi connectivity index (χ4n) is 1.45. The van der Waals surface area contributed by atoms with Crippen LogP contribution in [-0.2, 0) is 18.2 Å². The van der Waals surface area contributed by atoms with E-state index in [9.17, 15) is 5.11 Å². The van der Waals surface area contributed by atoms with Crippen LogP contribution in [0.15, 0.2) is 6.07 Å². The van der Waals surface area contributed by atoms with E-state index < -0.39 is 0 Å². The van der Waals surface area contributed by atoms with Crippen LogP contribution in [0.5, 0.6) is 0 Å². The summed E-state index contributed by atoms with van der Waals surface area (Å²) >= 11 is 0. The number of aliphatic hydroxyl groups is 1. The lowest BCUT2D eigenvalue weighted by Gasteiger charge is -2.09. The zero-order valence-corrected chi connectivity index (χ0v) is 9.03. The predicted molar refractivity (Wildman–Crippen MR) is 54.1 cm³/mol. The Bertz CT molecular complexity index is 284. The van der Waals surface area contributed by atoms with E-state index in [0.717, 1.165) is 11.4 Å². The molecule has 4 nitrogen and oxygen atoms in total. The molecule has 0 radical (unpaired) electrons. The molecule has 0 amide bonds. The third-order valence-corrected chi connectivity index (χ3v) is 2.20. The minimum absolute atomic E-state index is 0.343. The first-order valence-electron chi connectivity index (χ1n) is 4.80. The van der Waals surface area contributed by atoms with Crippen molar-refractivity contribution in [2.24, 2.45) is 7.05 Å². The average molecular weight is 198 g/mol. The van der Waals surface area contributed by atoms with Crippen LogP contribution in [0.25, 0.3) is 0 Å². The topological polar surface area (TPSA) is 47.3 Å². The normalized spacial score (nSPS) is 13.1. The number of rotatable bonds is 5. The van der Waals surface area contributed by atoms with Gasteiger partial charge >= 0.3 is 0 Å². The Kier molecular flexibility index (Phi) is 4.10. The molecule has 14 heavy (non-hydrogen) atoms. The van der Waals surface area contributed by atoms with Crippen LogP contribution in [0.4, 0.5) is 0 Å². The highest BCUT2D eigenvalue weighted by atomic mass is 16.5. The summed E-state index contributed by atoms with van der Waals surface area (Å²) in [4.78, 5) is 0. The van der Waals surface area contributed by atoms with E-state index in [4.69, 9.17) is 4.74 Å². The molecule has 1 atom stereocenters. The van der Waals surface area contributed by atoms with Gasteiger partial charge in [0.1, 0.15) is 0 Å². The molecule has 0 aliphatic rings. The van der Waals surface area contributed by atoms with Gasteiger partial charge in [0.2, 0.25) is 0 Å². The zero-order chi connectivity index (χ0) is 10.6. The van der Waals surface area contributed by atoms with E-state index >= 15 is 0 Å². The van der Waals surface area contributed by atoms with Crippen LogP contribution >= 0.6 is 0 Å². The number of methoxy groups -OCH3 is 1. The molecule has 1 aromatic heterocycles. The Balaban J connectivity index is 2.47. The maximum Gasteiger partial charge on any atom is 0.0617 e. The molecule has 0 aliphatic heterocycles. The van der Waals surface area contributed by atoms with E-state index in [1.165, 1.54) is 0 Å². The van der Waals surface area contributed by atoms with Gasteiger partial charge in [-0.05, 0) is 19.4 Å². The molecule has 1 unspecified atom stereocenters. The standard InChI is InChI=1S/C10H18N2O2/c1-8-6-9(12(2)11-8)7-10(13)4-5-14-3/h6,10,13H,4-5,7H2,1-3H3. The van der Waals surface area contributed by atoms with Crippen LogP contribution in [0.2, 0.25) is 0 Å². The van der Waals surface area contributed by atoms with Crippen LogP contribution in [0.1, 0.15) is 17.8 Å². The molecule has 0 aromatic carbocycles. The first-order chi connectivity index (χ1) is 6.63. The number of hydrogen-bond donors (Lipinski definition) is 1. The third-order valence-electron chi connectivity index (χ3n) is 2.20. The molecule has 1 N–H and O–H groups in total. The molecule has 0 bridgehead atoms. The van der Waals surface area contributed by atoms with Crippen molar-refractivity contribution in [3.63, 3.8) is 0 Å². The molecule has 1 aromatic rings. The third kappa shape index (κ3) is 3.12. The molecule has 0 fully saturated rings. The van der Waals surface area contributed by atoms with Gasteiger partial charge in [-0.15, -0.1) is 0 Å². The first kappa shape index (κ1) is 11.2. The first-order valence-corrected chi connectivity index (χ1v) is 4.80. The minimum Gasteiger partial charge on any atom is -0.393 e. The van der Waals surface area contributed by atoms with Crippen LogP contribution in [0, 0.1) is 6.92 Å². The monoisotopic (exact) mass is 198 g/mol. The number of hydrogen-bond acceptors (Lipinski definition) is 3. The SMILES string of the molecule is COCCC(O)Cc1cc(C)nn1C. The van der Waals surface area contributed by atoms with E-state index in [2.05, 4.69) is 5.10 Å². The highest BCUT2D eigenvalue weighted by Gasteiger charge is 2.09. The van der Waals surface area contributed by atoms with Crippen molar-refractivity contribution in [1.82, 2.24) is 9.78 Å². The van der Waals surface area contributed by atoms with Crippen molar-refractivity contribution in [2.45, 2.75) is 25.9 Å². The van der Waals surface area contributed by atoms with Gasteiger partial charge < -0.3 is 9.84 Å². The van der Waals surface area contributed by atoms with Gasteiger partial charge in [-0.3, -0.25) is 4.68 Å². The Morgan fingerprint density at radius 1 is 1.64 bits per heavy atom. The molecule has 0 aliphatic carbocycles. The lowest BCUT2D eigenvalue weighted by Crippen LogP contribution is -2.15. The summed E-state index contributed by atoms with van der Waals surface area (Å²) < 4.78 is 6.71. The van der Waals surface area contributed by atoms with Crippen LogP contribution < -0.4 is 0 Å². The fraction of sp³-hybridized carbons (Fsp3) is 0.700. The maximum absolute atomic E-state index is 9.65. The van der Waals surface area contributed by atoms with Crippen LogP contribution in [0.3, 0.4) is 0 Å². The van der Waals surface area contributed by atoms with Gasteiger partial charge in [-0.1, -0.05) is 0 Å². The summed E-state index contributed by atoms with van der Waals surface area (Å²) in [6.07, 6.45) is 0.964. The van der Waals surface area contributed by atoms with Crippen molar-refractivity contribution < 1.29 is 9.84 Å². The zero-order valence-electron chi connectivity index (χ0n) is 9.03. The maximum atomic E-state index is 9.65. The molecule has 1 rings (SSSR count). The summed E-state index contributed by atoms with van der Waals surface area (Å²) in [6.45, 7) is 2.54. The summed E-state index contributed by atoms with van der Waals surface area (Å²) in [5.74, 6) is 0. The van der Waals surface area contributed by atoms with Gasteiger partial charge in [-0.25, -0.2) is 0 Å². The molecule has 1 heterocycles. The summed E-state index contributed by atoms with van der Waals surface area (Å²) in [5.41, 5.74) is 2.05. The van der Waals surface area contributed by atoms with E-state index in [-0.39, 0.29) is 6.10 Å². The lowest BCUT2D eigenvalue weighted by atomic mass is 10.1. The lowest BCUT2D eigenvalue weighted by molar-refractivity contribution is 0.109. The Hall–Kier alpha value is -0.870. The number of nitrogens with zero attached hydrogens (tertiary/aromatic N) is 2. The highest BCUT2D eigenvalue weighted by molar-refractivity contribution is 5.09. The van der Waals surface area contributed by atoms with Crippen molar-refractivity contribution in [1.29, 1.82) is 0 Å². The van der Waals surface area contributed by atoms with Crippen LogP contribution in [-0.4, -0.2) is 34.7 Å². The molecular formula is C10H18N2O2. The second-order valence-corrected chi connectivity index (χ2v) is 3.54. The van der Waals surface area contributed by atoms with Crippen molar-refractivity contribution in [2.75, 3.05) is 13.7 Å². The van der Waals surface area contributed by atoms with E-state index in [1.807, 2.05) is 24.7 Å². The Labute approximate surface area is 84.5 Å². The molecular weight excluding hydrogens is 180 g/mol. The number of ether oxygens (including phenoxy) is 1. The fourth-order valence-corrected chi connectivity index (χ4v) is 1.45. The summed E-state index contributed by atoms with van der Waals surface area (Å²) in [6, 6.07) is 2.00. The van der Waals surface area contributed by atoms with Crippen molar-refractivity contribution in [3.8, 4) is 0 Å². The average Bonchev–Trinajstić information content (AvgIpc) is 2.42. The highest BCUT2D eigenvalue weighted by Crippen LogP contribution is 2.07. The molecule has 0 spiro atoms. The largest absolute Gasteiger partial charge is 0.393 e. The quantitative estimate of drug-likeness (QED) is 0.756. The number of aryl methyl sites for hydroxylation is 2. The van der Waals surface area contributed by atoms with Gasteiger partial charge in [0.05, 0.1) is 11.8 Å². The Morgan fingerprint density at radius 3 is 2.86 bits per heavy atom. The van der Waals surface area contributed by atoms with Gasteiger partial charge in [-0.2, -0.15) is 5.10 Å².